The molecule has 3 heterocycles. The molecule has 290 valence electrons. The second kappa shape index (κ2) is 18.6. The summed E-state index contributed by atoms with van der Waals surface area (Å²) >= 11 is 0. The molecular weight excluding hydrogens is 739 g/mol. The molecule has 0 aliphatic carbocycles. The molecule has 5 N–H and O–H groups in total. The van der Waals surface area contributed by atoms with E-state index in [9.17, 15) is 37.4 Å². The Bertz CT molecular complexity index is 2130. The van der Waals surface area contributed by atoms with Crippen LogP contribution in [0.3, 0.4) is 0 Å². The Morgan fingerprint density at radius 2 is 1.00 bits per heavy atom. The molecule has 0 radical (unpaired) electrons. The number of pyridine rings is 3. The van der Waals surface area contributed by atoms with Gasteiger partial charge in [-0.25, -0.2) is 0 Å². The first kappa shape index (κ1) is 43.8. The van der Waals surface area contributed by atoms with E-state index in [1.54, 1.807) is 73.9 Å². The highest BCUT2D eigenvalue weighted by Gasteiger charge is 2.30. The van der Waals surface area contributed by atoms with E-state index >= 15 is 0 Å². The van der Waals surface area contributed by atoms with Crippen molar-refractivity contribution in [2.24, 2.45) is 0 Å². The Balaban J connectivity index is 0.000000230. The summed E-state index contributed by atoms with van der Waals surface area (Å²) in [4.78, 5) is 7.82. The number of nitrogens with zero attached hydrogens (tertiary/aromatic N) is 3. The topological polar surface area (TPSA) is 218 Å². The fraction of sp³-hybridized carbons (Fsp3) is 0.289. The van der Waals surface area contributed by atoms with Crippen molar-refractivity contribution < 1.29 is 55.6 Å². The van der Waals surface area contributed by atoms with E-state index in [2.05, 4.69) is 9.97 Å². The van der Waals surface area contributed by atoms with Crippen molar-refractivity contribution in [1.29, 1.82) is 0 Å². The molecule has 0 aliphatic heterocycles. The number of hydrogen-bond acceptors (Lipinski definition) is 13. The van der Waals surface area contributed by atoms with Gasteiger partial charge in [-0.1, -0.05) is 47.5 Å². The first-order valence-electron chi connectivity index (χ1n) is 16.4. The van der Waals surface area contributed by atoms with Crippen LogP contribution in [0, 0.1) is 13.8 Å². The average Bonchev–Trinajstić information content (AvgIpc) is 3.15. The summed E-state index contributed by atoms with van der Waals surface area (Å²) in [5.74, 6) is 0. The molecule has 0 bridgehead atoms. The molecule has 0 spiro atoms. The first-order valence-corrected chi connectivity index (χ1v) is 19.2. The lowest BCUT2D eigenvalue weighted by atomic mass is 9.99. The number of benzene rings is 2. The summed E-state index contributed by atoms with van der Waals surface area (Å²) in [6.45, 7) is 7.01. The third kappa shape index (κ3) is 13.0. The van der Waals surface area contributed by atoms with Gasteiger partial charge in [-0.2, -0.15) is 16.8 Å². The monoisotopic (exact) mass is 784 g/mol. The largest absolute Gasteiger partial charge is 0.393 e. The fourth-order valence-electron chi connectivity index (χ4n) is 4.33. The molecule has 0 saturated carbocycles. The maximum absolute atomic E-state index is 12.1. The van der Waals surface area contributed by atoms with Gasteiger partial charge in [0.2, 0.25) is 12.4 Å². The number of aromatic nitrogens is 3. The molecule has 16 heteroatoms. The first-order chi connectivity index (χ1) is 25.2. The summed E-state index contributed by atoms with van der Waals surface area (Å²) in [7, 11) is -7.86. The van der Waals surface area contributed by atoms with E-state index in [1.807, 2.05) is 13.8 Å². The average molecular weight is 785 g/mol. The molecular formula is C38H46N3O11S2+. The predicted octanol–water partition coefficient (Wildman–Crippen LogP) is 3.42. The van der Waals surface area contributed by atoms with Gasteiger partial charge in [0.1, 0.15) is 16.8 Å². The predicted molar refractivity (Wildman–Crippen MR) is 197 cm³/mol. The second-order valence-corrected chi connectivity index (χ2v) is 16.2. The van der Waals surface area contributed by atoms with Crippen LogP contribution in [0.2, 0.25) is 0 Å². The van der Waals surface area contributed by atoms with E-state index in [1.165, 1.54) is 69.0 Å². The zero-order valence-corrected chi connectivity index (χ0v) is 32.1. The van der Waals surface area contributed by atoms with Crippen molar-refractivity contribution in [2.45, 2.75) is 61.2 Å². The van der Waals surface area contributed by atoms with Crippen LogP contribution in [-0.4, -0.2) is 72.3 Å². The van der Waals surface area contributed by atoms with Gasteiger partial charge >= 0.3 is 0 Å². The number of rotatable bonds is 12. The van der Waals surface area contributed by atoms with Gasteiger partial charge in [0, 0.05) is 46.7 Å². The summed E-state index contributed by atoms with van der Waals surface area (Å²) in [6, 6.07) is 22.4. The molecule has 5 aromatic rings. The molecule has 54 heavy (non-hydrogen) atoms. The molecule has 5 rings (SSSR count). The third-order valence-corrected chi connectivity index (χ3v) is 10.4. The molecule has 0 fully saturated rings. The molecule has 0 saturated heterocycles. The minimum Gasteiger partial charge on any atom is -0.393 e. The van der Waals surface area contributed by atoms with Gasteiger partial charge in [0.25, 0.3) is 20.2 Å². The standard InChI is InChI=1S/C15H18NO5S.C15H17NO4S.C8H11NO2/c1-12-5-7-14(8-6-12)22(19,20)21-11-15(2,17)13-4-3-9-16(18)10-13;1-12-5-7-14(8-6-12)21(18,19)20-11-15(2,17)13-4-3-9-16-10-13;1-8(11,6-10)7-3-2-4-9-5-7/h3-10,17-18H,11H2,1-2H3;3-10,17H,11H2,1-2H3;2-5,10-11H,6H2,1H3/q+1;;/t2*15-;8-/m111/s1. The van der Waals surface area contributed by atoms with Crippen LogP contribution in [0.25, 0.3) is 0 Å². The third-order valence-electron chi connectivity index (χ3n) is 7.89. The minimum absolute atomic E-state index is 0.0270. The minimum atomic E-state index is -3.96. The Kier molecular flexibility index (Phi) is 15.1. The molecule has 0 unspecified atom stereocenters. The van der Waals surface area contributed by atoms with Crippen molar-refractivity contribution in [3.05, 3.63) is 150 Å². The summed E-state index contributed by atoms with van der Waals surface area (Å²) < 4.78 is 59.0. The van der Waals surface area contributed by atoms with E-state index in [0.717, 1.165) is 15.9 Å². The Labute approximate surface area is 315 Å². The lowest BCUT2D eigenvalue weighted by Gasteiger charge is -2.22. The van der Waals surface area contributed by atoms with Crippen LogP contribution in [0.5, 0.6) is 0 Å². The highest BCUT2D eigenvalue weighted by atomic mass is 32.2. The van der Waals surface area contributed by atoms with E-state index in [0.29, 0.717) is 16.7 Å². The molecule has 3 aromatic heterocycles. The van der Waals surface area contributed by atoms with Gasteiger partial charge in [0.15, 0.2) is 0 Å². The highest BCUT2D eigenvalue weighted by Crippen LogP contribution is 2.24. The summed E-state index contributed by atoms with van der Waals surface area (Å²) in [5, 5.41) is 48.3. The van der Waals surface area contributed by atoms with Crippen molar-refractivity contribution in [3.8, 4) is 0 Å². The van der Waals surface area contributed by atoms with Crippen LogP contribution in [-0.2, 0) is 45.4 Å². The molecule has 0 aliphatic rings. The van der Waals surface area contributed by atoms with Crippen molar-refractivity contribution in [2.75, 3.05) is 19.8 Å². The number of hydrogen-bond donors (Lipinski definition) is 5. The van der Waals surface area contributed by atoms with Crippen molar-refractivity contribution >= 4 is 20.2 Å². The van der Waals surface area contributed by atoms with Crippen molar-refractivity contribution in [3.63, 3.8) is 0 Å². The van der Waals surface area contributed by atoms with Crippen LogP contribution in [0.1, 0.15) is 48.6 Å². The second-order valence-electron chi connectivity index (χ2n) is 13.0. The lowest BCUT2D eigenvalue weighted by molar-refractivity contribution is -0.905. The molecule has 14 nitrogen and oxygen atoms in total. The van der Waals surface area contributed by atoms with Crippen LogP contribution in [0.15, 0.2) is 132 Å². The van der Waals surface area contributed by atoms with Crippen LogP contribution in [0.4, 0.5) is 0 Å². The SMILES string of the molecule is C[C@@](O)(CO)c1cccnc1.Cc1ccc(S(=O)(=O)OC[C@@](C)(O)c2ccc[n+](O)c2)cc1.Cc1ccc(S(=O)(=O)OC[C@@](C)(O)c2cccnc2)cc1. The smallest absolute Gasteiger partial charge is 0.297 e. The number of aryl methyl sites for hydroxylation is 2. The maximum Gasteiger partial charge on any atom is 0.297 e. The van der Waals surface area contributed by atoms with Gasteiger partial charge in [-0.3, -0.25) is 23.5 Å². The van der Waals surface area contributed by atoms with Gasteiger partial charge in [-0.15, -0.1) is 0 Å². The Morgan fingerprint density at radius 1 is 0.611 bits per heavy atom. The maximum atomic E-state index is 12.1. The van der Waals surface area contributed by atoms with Gasteiger partial charge < -0.3 is 20.4 Å². The quantitative estimate of drug-likeness (QED) is 0.0697. The number of aliphatic hydroxyl groups excluding tert-OH is 1. The van der Waals surface area contributed by atoms with Crippen molar-refractivity contribution in [1.82, 2.24) is 9.97 Å². The summed E-state index contributed by atoms with van der Waals surface area (Å²) in [5.41, 5.74) is -0.841. The van der Waals surface area contributed by atoms with Gasteiger partial charge in [-0.05, 0) is 77.1 Å². The van der Waals surface area contributed by atoms with Gasteiger partial charge in [0.05, 0.1) is 35.2 Å². The lowest BCUT2D eigenvalue weighted by Crippen LogP contribution is -2.35. The zero-order chi connectivity index (χ0) is 40.2. The number of aliphatic hydroxyl groups is 4. The van der Waals surface area contributed by atoms with E-state index in [-0.39, 0.29) is 23.0 Å². The summed E-state index contributed by atoms with van der Waals surface area (Å²) in [6.07, 6.45) is 8.86. The zero-order valence-electron chi connectivity index (χ0n) is 30.5. The molecule has 3 atom stereocenters. The Hall–Kier alpha value is -4.65. The molecule has 2 aromatic carbocycles. The Morgan fingerprint density at radius 3 is 1.37 bits per heavy atom. The van der Waals surface area contributed by atoms with Crippen LogP contribution >= 0.6 is 0 Å². The fourth-order valence-corrected chi connectivity index (χ4v) is 6.31. The normalized spacial score (nSPS) is 14.8. The van der Waals surface area contributed by atoms with Crippen LogP contribution < -0.4 is 4.73 Å². The molecule has 0 amide bonds. The van der Waals surface area contributed by atoms with E-state index < -0.39 is 43.6 Å². The highest BCUT2D eigenvalue weighted by molar-refractivity contribution is 7.87. The van der Waals surface area contributed by atoms with E-state index in [4.69, 9.17) is 13.5 Å².